The van der Waals surface area contributed by atoms with Crippen molar-refractivity contribution < 1.29 is 0 Å². The van der Waals surface area contributed by atoms with Crippen LogP contribution in [0.25, 0.3) is 0 Å². The third-order valence-electron chi connectivity index (χ3n) is 4.09. The Hall–Kier alpha value is -0.970. The van der Waals surface area contributed by atoms with Gasteiger partial charge < -0.3 is 5.32 Å². The van der Waals surface area contributed by atoms with E-state index in [2.05, 4.69) is 33.3 Å². The zero-order valence-corrected chi connectivity index (χ0v) is 10.7. The molecule has 3 atom stereocenters. The van der Waals surface area contributed by atoms with Gasteiger partial charge in [0.15, 0.2) is 0 Å². The molecule has 3 heterocycles. The summed E-state index contributed by atoms with van der Waals surface area (Å²) >= 11 is 0. The molecule has 18 heavy (non-hydrogen) atoms. The van der Waals surface area contributed by atoms with Crippen LogP contribution in [0.1, 0.15) is 43.8 Å². The van der Waals surface area contributed by atoms with Crippen molar-refractivity contribution in [2.45, 2.75) is 50.2 Å². The third-order valence-corrected chi connectivity index (χ3v) is 4.09. The molecule has 4 heteroatoms. The van der Waals surface area contributed by atoms with Gasteiger partial charge in [-0.15, -0.1) is 0 Å². The van der Waals surface area contributed by atoms with Crippen molar-refractivity contribution >= 4 is 0 Å². The molecule has 1 aromatic heterocycles. The van der Waals surface area contributed by atoms with Crippen LogP contribution in [0.15, 0.2) is 24.4 Å². The van der Waals surface area contributed by atoms with E-state index in [-0.39, 0.29) is 0 Å². The lowest BCUT2D eigenvalue weighted by Gasteiger charge is -2.37. The Labute approximate surface area is 109 Å². The number of hydrogen-bond acceptors (Lipinski definition) is 4. The summed E-state index contributed by atoms with van der Waals surface area (Å²) in [6, 6.07) is 7.67. The van der Waals surface area contributed by atoms with Gasteiger partial charge in [-0.3, -0.25) is 10.4 Å². The predicted octanol–water partition coefficient (Wildman–Crippen LogP) is 1.52. The first-order valence-electron chi connectivity index (χ1n) is 7.09. The maximum absolute atomic E-state index is 4.42. The lowest BCUT2D eigenvalue weighted by Crippen LogP contribution is -2.57. The van der Waals surface area contributed by atoms with Gasteiger partial charge in [0.25, 0.3) is 0 Å². The number of piperidine rings is 1. The van der Waals surface area contributed by atoms with Crippen LogP contribution < -0.4 is 16.2 Å². The summed E-state index contributed by atoms with van der Waals surface area (Å²) < 4.78 is 0. The number of nitrogens with one attached hydrogen (secondary N) is 3. The van der Waals surface area contributed by atoms with Crippen LogP contribution >= 0.6 is 0 Å². The minimum absolute atomic E-state index is 0.353. The molecule has 0 spiro atoms. The SMILES string of the molecule is c1ccc(C2CCC(C3CCCCN3)NN2)nc1. The number of aromatic nitrogens is 1. The van der Waals surface area contributed by atoms with E-state index in [1.807, 2.05) is 12.3 Å². The minimum atomic E-state index is 0.353. The zero-order chi connectivity index (χ0) is 12.2. The van der Waals surface area contributed by atoms with Crippen LogP contribution in [0.2, 0.25) is 0 Å². The highest BCUT2D eigenvalue weighted by atomic mass is 15.4. The van der Waals surface area contributed by atoms with Gasteiger partial charge in [0, 0.05) is 18.3 Å². The normalized spacial score (nSPS) is 33.2. The Morgan fingerprint density at radius 3 is 2.67 bits per heavy atom. The summed E-state index contributed by atoms with van der Waals surface area (Å²) in [7, 11) is 0. The van der Waals surface area contributed by atoms with Gasteiger partial charge in [-0.1, -0.05) is 12.5 Å². The molecule has 0 amide bonds. The first-order valence-corrected chi connectivity index (χ1v) is 7.09. The van der Waals surface area contributed by atoms with E-state index in [0.717, 1.165) is 12.1 Å². The second kappa shape index (κ2) is 5.78. The highest BCUT2D eigenvalue weighted by Crippen LogP contribution is 2.23. The molecular weight excluding hydrogens is 224 g/mol. The predicted molar refractivity (Wildman–Crippen MR) is 71.9 cm³/mol. The molecule has 2 aliphatic rings. The molecule has 2 saturated heterocycles. The molecule has 98 valence electrons. The number of hydrazine groups is 1. The van der Waals surface area contributed by atoms with Crippen LogP contribution in [-0.4, -0.2) is 23.6 Å². The standard InChI is InChI=1S/C14H22N4/c1-3-9-15-11(5-1)13-7-8-14(18-17-13)12-6-2-4-10-16-12/h1,3,5,9,12-14,16-18H,2,4,6-8,10H2. The van der Waals surface area contributed by atoms with Gasteiger partial charge in [0.1, 0.15) is 0 Å². The van der Waals surface area contributed by atoms with E-state index < -0.39 is 0 Å². The van der Waals surface area contributed by atoms with E-state index in [1.165, 1.54) is 32.2 Å². The monoisotopic (exact) mass is 246 g/mol. The quantitative estimate of drug-likeness (QED) is 0.740. The summed E-state index contributed by atoms with van der Waals surface area (Å²) in [4.78, 5) is 4.42. The maximum Gasteiger partial charge on any atom is 0.0635 e. The third kappa shape index (κ3) is 2.71. The molecule has 2 fully saturated rings. The van der Waals surface area contributed by atoms with Gasteiger partial charge >= 0.3 is 0 Å². The molecule has 0 saturated carbocycles. The Bertz CT molecular complexity index is 353. The van der Waals surface area contributed by atoms with Crippen molar-refractivity contribution in [1.82, 2.24) is 21.2 Å². The zero-order valence-electron chi connectivity index (χ0n) is 10.7. The number of rotatable bonds is 2. The molecule has 4 nitrogen and oxygen atoms in total. The van der Waals surface area contributed by atoms with E-state index in [4.69, 9.17) is 0 Å². The summed E-state index contributed by atoms with van der Waals surface area (Å²) in [5.74, 6) is 0. The van der Waals surface area contributed by atoms with E-state index in [9.17, 15) is 0 Å². The molecule has 0 bridgehead atoms. The summed E-state index contributed by atoms with van der Waals surface area (Å²) in [6.07, 6.45) is 8.23. The Morgan fingerprint density at radius 2 is 2.00 bits per heavy atom. The minimum Gasteiger partial charge on any atom is -0.312 e. The van der Waals surface area contributed by atoms with E-state index in [1.54, 1.807) is 0 Å². The van der Waals surface area contributed by atoms with Crippen molar-refractivity contribution in [2.24, 2.45) is 0 Å². The van der Waals surface area contributed by atoms with Gasteiger partial charge in [0.2, 0.25) is 0 Å². The van der Waals surface area contributed by atoms with Gasteiger partial charge in [0.05, 0.1) is 11.7 Å². The first kappa shape index (κ1) is 12.1. The largest absolute Gasteiger partial charge is 0.312 e. The van der Waals surface area contributed by atoms with Crippen LogP contribution in [0.3, 0.4) is 0 Å². The Balaban J connectivity index is 1.54. The fourth-order valence-electron chi connectivity index (χ4n) is 3.03. The number of hydrogen-bond donors (Lipinski definition) is 3. The van der Waals surface area contributed by atoms with Crippen LogP contribution in [0.5, 0.6) is 0 Å². The lowest BCUT2D eigenvalue weighted by atomic mass is 9.92. The highest BCUT2D eigenvalue weighted by Gasteiger charge is 2.28. The van der Waals surface area contributed by atoms with E-state index in [0.29, 0.717) is 18.1 Å². The van der Waals surface area contributed by atoms with Crippen molar-refractivity contribution in [2.75, 3.05) is 6.54 Å². The number of pyridine rings is 1. The first-order chi connectivity index (χ1) is 8.93. The topological polar surface area (TPSA) is 49.0 Å². The molecule has 0 aliphatic carbocycles. The van der Waals surface area contributed by atoms with Crippen LogP contribution in [0.4, 0.5) is 0 Å². The number of nitrogens with zero attached hydrogens (tertiary/aromatic N) is 1. The average Bonchev–Trinajstić information content (AvgIpc) is 2.49. The van der Waals surface area contributed by atoms with Crippen molar-refractivity contribution in [1.29, 1.82) is 0 Å². The Kier molecular flexibility index (Phi) is 3.88. The highest BCUT2D eigenvalue weighted by molar-refractivity contribution is 5.09. The fourth-order valence-corrected chi connectivity index (χ4v) is 3.03. The van der Waals surface area contributed by atoms with Crippen molar-refractivity contribution in [3.05, 3.63) is 30.1 Å². The Morgan fingerprint density at radius 1 is 1.00 bits per heavy atom. The summed E-state index contributed by atoms with van der Waals surface area (Å²) in [5, 5.41) is 3.63. The average molecular weight is 246 g/mol. The molecule has 3 unspecified atom stereocenters. The van der Waals surface area contributed by atoms with Gasteiger partial charge in [-0.2, -0.15) is 0 Å². The molecule has 1 aromatic rings. The maximum atomic E-state index is 4.42. The van der Waals surface area contributed by atoms with Crippen molar-refractivity contribution in [3.8, 4) is 0 Å². The fraction of sp³-hybridized carbons (Fsp3) is 0.643. The summed E-state index contributed by atoms with van der Waals surface area (Å²) in [6.45, 7) is 1.17. The summed E-state index contributed by atoms with van der Waals surface area (Å²) in [5.41, 5.74) is 8.05. The molecule has 0 aromatic carbocycles. The molecular formula is C14H22N4. The molecule has 3 rings (SSSR count). The smallest absolute Gasteiger partial charge is 0.0635 e. The van der Waals surface area contributed by atoms with Crippen LogP contribution in [0, 0.1) is 0 Å². The van der Waals surface area contributed by atoms with Crippen LogP contribution in [-0.2, 0) is 0 Å². The molecule has 2 aliphatic heterocycles. The second-order valence-corrected chi connectivity index (χ2v) is 5.34. The van der Waals surface area contributed by atoms with Crippen molar-refractivity contribution in [3.63, 3.8) is 0 Å². The lowest BCUT2D eigenvalue weighted by molar-refractivity contribution is 0.209. The van der Waals surface area contributed by atoms with E-state index >= 15 is 0 Å². The van der Waals surface area contributed by atoms with Gasteiger partial charge in [-0.05, 0) is 44.4 Å². The second-order valence-electron chi connectivity index (χ2n) is 5.34. The molecule has 0 radical (unpaired) electrons. The molecule has 3 N–H and O–H groups in total. The van der Waals surface area contributed by atoms with Gasteiger partial charge in [-0.25, -0.2) is 5.43 Å².